The van der Waals surface area contributed by atoms with Crippen LogP contribution < -0.4 is 0 Å². The van der Waals surface area contributed by atoms with E-state index in [1.165, 1.54) is 11.3 Å². The van der Waals surface area contributed by atoms with E-state index in [-0.39, 0.29) is 18.4 Å². The van der Waals surface area contributed by atoms with Crippen LogP contribution in [0.5, 0.6) is 0 Å². The Bertz CT molecular complexity index is 463. The summed E-state index contributed by atoms with van der Waals surface area (Å²) in [5.41, 5.74) is 0. The fraction of sp³-hybridized carbons (Fsp3) is 0.455. The zero-order chi connectivity index (χ0) is 13.1. The number of carbonyl (C=O) groups excluding carboxylic acids is 1. The summed E-state index contributed by atoms with van der Waals surface area (Å²) in [5, 5.41) is 10.7. The molecule has 18 heavy (non-hydrogen) atoms. The lowest BCUT2D eigenvalue weighted by Crippen LogP contribution is -2.47. The van der Waals surface area contributed by atoms with Crippen LogP contribution in [0.3, 0.4) is 0 Å². The molecule has 0 saturated carbocycles. The summed E-state index contributed by atoms with van der Waals surface area (Å²) in [6.07, 6.45) is 0.0156. The van der Waals surface area contributed by atoms with Gasteiger partial charge in [0.15, 0.2) is 0 Å². The Balaban J connectivity index is 2.16. The number of amides is 1. The summed E-state index contributed by atoms with van der Waals surface area (Å²) >= 11 is 6.43. The van der Waals surface area contributed by atoms with Crippen LogP contribution in [0, 0.1) is 0 Å². The first kappa shape index (κ1) is 13.9. The van der Waals surface area contributed by atoms with Gasteiger partial charge in [-0.2, -0.15) is 11.8 Å². The molecule has 0 aliphatic carbocycles. The van der Waals surface area contributed by atoms with E-state index in [1.54, 1.807) is 16.7 Å². The lowest BCUT2D eigenvalue weighted by atomic mass is 10.2. The molecule has 2 heterocycles. The van der Waals surface area contributed by atoms with Crippen LogP contribution >= 0.6 is 39.0 Å². The number of aliphatic carboxylic acids is 1. The Morgan fingerprint density at radius 2 is 2.33 bits per heavy atom. The van der Waals surface area contributed by atoms with Gasteiger partial charge in [-0.15, -0.1) is 11.3 Å². The summed E-state index contributed by atoms with van der Waals surface area (Å²) in [5.74, 6) is 0.639. The first-order valence-corrected chi connectivity index (χ1v) is 8.26. The van der Waals surface area contributed by atoms with E-state index in [2.05, 4.69) is 15.9 Å². The first-order valence-electron chi connectivity index (χ1n) is 5.43. The second-order valence-electron chi connectivity index (χ2n) is 3.92. The van der Waals surface area contributed by atoms with E-state index in [0.717, 1.165) is 10.2 Å². The second-order valence-corrected chi connectivity index (χ2v) is 6.84. The second kappa shape index (κ2) is 6.08. The van der Waals surface area contributed by atoms with Gasteiger partial charge >= 0.3 is 5.97 Å². The number of thiophene rings is 1. The molecule has 2 rings (SSSR count). The summed E-state index contributed by atoms with van der Waals surface area (Å²) in [6.45, 7) is 0.617. The fourth-order valence-corrected chi connectivity index (χ4v) is 4.43. The molecule has 1 amide bonds. The van der Waals surface area contributed by atoms with Crippen LogP contribution in [0.4, 0.5) is 0 Å². The Hall–Kier alpha value is -0.530. The molecule has 0 aromatic carbocycles. The van der Waals surface area contributed by atoms with Crippen molar-refractivity contribution in [2.24, 2.45) is 0 Å². The molecule has 1 aliphatic heterocycles. The minimum absolute atomic E-state index is 0.0156. The molecular weight excluding hydrogens is 338 g/mol. The molecule has 7 heteroatoms. The average molecular weight is 350 g/mol. The molecule has 1 aromatic rings. The van der Waals surface area contributed by atoms with Crippen molar-refractivity contribution in [2.75, 3.05) is 18.1 Å². The number of rotatable bonds is 3. The number of nitrogens with zero attached hydrogens (tertiary/aromatic N) is 1. The van der Waals surface area contributed by atoms with E-state index < -0.39 is 5.97 Å². The van der Waals surface area contributed by atoms with Gasteiger partial charge in [-0.1, -0.05) is 0 Å². The van der Waals surface area contributed by atoms with Gasteiger partial charge in [0.05, 0.1) is 12.5 Å². The van der Waals surface area contributed by atoms with Crippen molar-refractivity contribution in [3.63, 3.8) is 0 Å². The highest BCUT2D eigenvalue weighted by Gasteiger charge is 2.30. The minimum Gasteiger partial charge on any atom is -0.481 e. The molecule has 0 bridgehead atoms. The standard InChI is InChI=1S/C11H12BrNO3S2/c12-8-1-3-18-10(8)11(16)13-2-4-17-6-7(13)5-9(14)15/h1,3,7H,2,4-6H2,(H,14,15). The number of hydrogen-bond acceptors (Lipinski definition) is 4. The average Bonchev–Trinajstić information content (AvgIpc) is 2.74. The smallest absolute Gasteiger partial charge is 0.305 e. The third kappa shape index (κ3) is 3.07. The first-order chi connectivity index (χ1) is 8.59. The van der Waals surface area contributed by atoms with Crippen molar-refractivity contribution in [1.29, 1.82) is 0 Å². The van der Waals surface area contributed by atoms with Crippen molar-refractivity contribution >= 4 is 50.9 Å². The van der Waals surface area contributed by atoms with Crippen molar-refractivity contribution < 1.29 is 14.7 Å². The number of hydrogen-bond donors (Lipinski definition) is 1. The zero-order valence-corrected chi connectivity index (χ0v) is 12.7. The molecule has 4 nitrogen and oxygen atoms in total. The molecular formula is C11H12BrNO3S2. The third-order valence-corrected chi connectivity index (χ3v) is 5.63. The van der Waals surface area contributed by atoms with Crippen LogP contribution in [0.2, 0.25) is 0 Å². The van der Waals surface area contributed by atoms with Crippen LogP contribution in [0.1, 0.15) is 16.1 Å². The molecule has 0 radical (unpaired) electrons. The Morgan fingerprint density at radius 1 is 1.56 bits per heavy atom. The van der Waals surface area contributed by atoms with Gasteiger partial charge in [0.25, 0.3) is 5.91 Å². The van der Waals surface area contributed by atoms with Gasteiger partial charge in [0.1, 0.15) is 4.88 Å². The fourth-order valence-electron chi connectivity index (χ4n) is 1.87. The predicted octanol–water partition coefficient (Wildman–Crippen LogP) is 2.54. The van der Waals surface area contributed by atoms with E-state index in [9.17, 15) is 9.59 Å². The SMILES string of the molecule is O=C(O)CC1CSCCN1C(=O)c1sccc1Br. The van der Waals surface area contributed by atoms with E-state index >= 15 is 0 Å². The van der Waals surface area contributed by atoms with Gasteiger partial charge < -0.3 is 10.0 Å². The van der Waals surface area contributed by atoms with E-state index in [1.807, 2.05) is 11.4 Å². The van der Waals surface area contributed by atoms with Crippen LogP contribution in [-0.2, 0) is 4.79 Å². The molecule has 1 N–H and O–H groups in total. The largest absolute Gasteiger partial charge is 0.481 e. The number of carbonyl (C=O) groups is 2. The molecule has 0 spiro atoms. The summed E-state index contributed by atoms with van der Waals surface area (Å²) in [7, 11) is 0. The number of halogens is 1. The third-order valence-electron chi connectivity index (χ3n) is 2.71. The maximum Gasteiger partial charge on any atom is 0.305 e. The van der Waals surface area contributed by atoms with Gasteiger partial charge in [-0.25, -0.2) is 0 Å². The van der Waals surface area contributed by atoms with Crippen LogP contribution in [0.15, 0.2) is 15.9 Å². The van der Waals surface area contributed by atoms with Crippen molar-refractivity contribution in [1.82, 2.24) is 4.90 Å². The quantitative estimate of drug-likeness (QED) is 0.910. The number of thioether (sulfide) groups is 1. The molecule has 1 atom stereocenters. The normalized spacial score (nSPS) is 19.8. The minimum atomic E-state index is -0.856. The molecule has 1 aliphatic rings. The van der Waals surface area contributed by atoms with Crippen molar-refractivity contribution in [3.8, 4) is 0 Å². The molecule has 98 valence electrons. The lowest BCUT2D eigenvalue weighted by Gasteiger charge is -2.34. The van der Waals surface area contributed by atoms with Gasteiger partial charge in [-0.05, 0) is 27.4 Å². The predicted molar refractivity (Wildman–Crippen MR) is 76.4 cm³/mol. The van der Waals surface area contributed by atoms with Gasteiger partial charge in [-0.3, -0.25) is 9.59 Å². The Kier molecular flexibility index (Phi) is 4.69. The van der Waals surface area contributed by atoms with E-state index in [0.29, 0.717) is 17.2 Å². The van der Waals surface area contributed by atoms with Crippen molar-refractivity contribution in [3.05, 3.63) is 20.8 Å². The van der Waals surface area contributed by atoms with Gasteiger partial charge in [0, 0.05) is 22.5 Å². The number of carboxylic acid groups (broad SMARTS) is 1. The molecule has 1 saturated heterocycles. The van der Waals surface area contributed by atoms with Crippen molar-refractivity contribution in [2.45, 2.75) is 12.5 Å². The lowest BCUT2D eigenvalue weighted by molar-refractivity contribution is -0.138. The number of carboxylic acids is 1. The highest BCUT2D eigenvalue weighted by atomic mass is 79.9. The molecule has 1 aromatic heterocycles. The van der Waals surface area contributed by atoms with Gasteiger partial charge in [0.2, 0.25) is 0 Å². The Morgan fingerprint density at radius 3 is 2.94 bits per heavy atom. The van der Waals surface area contributed by atoms with Crippen LogP contribution in [0.25, 0.3) is 0 Å². The van der Waals surface area contributed by atoms with E-state index in [4.69, 9.17) is 5.11 Å². The topological polar surface area (TPSA) is 57.6 Å². The molecule has 1 fully saturated rings. The summed E-state index contributed by atoms with van der Waals surface area (Å²) in [4.78, 5) is 25.6. The Labute approximate surface area is 121 Å². The zero-order valence-electron chi connectivity index (χ0n) is 9.47. The maximum atomic E-state index is 12.4. The summed E-state index contributed by atoms with van der Waals surface area (Å²) in [6, 6.07) is 1.63. The maximum absolute atomic E-state index is 12.4. The monoisotopic (exact) mass is 349 g/mol. The summed E-state index contributed by atoms with van der Waals surface area (Å²) < 4.78 is 0.782. The molecule has 1 unspecified atom stereocenters. The van der Waals surface area contributed by atoms with Crippen LogP contribution in [-0.4, -0.2) is 46.0 Å². The highest BCUT2D eigenvalue weighted by molar-refractivity contribution is 9.10. The highest BCUT2D eigenvalue weighted by Crippen LogP contribution is 2.27.